The van der Waals surface area contributed by atoms with E-state index in [-0.39, 0.29) is 5.91 Å². The first-order valence-electron chi connectivity index (χ1n) is 8.77. The van der Waals surface area contributed by atoms with Crippen LogP contribution in [0.15, 0.2) is 54.0 Å². The maximum atomic E-state index is 12.8. The number of nitrogens with zero attached hydrogens (tertiary/aromatic N) is 2. The van der Waals surface area contributed by atoms with E-state index in [4.69, 9.17) is 14.2 Å². The molecular formula is C21H19N3O4S. The van der Waals surface area contributed by atoms with Gasteiger partial charge in [-0.15, -0.1) is 11.3 Å². The molecule has 0 bridgehead atoms. The second kappa shape index (κ2) is 7.84. The molecule has 2 aromatic carbocycles. The molecule has 0 aliphatic carbocycles. The first-order valence-corrected chi connectivity index (χ1v) is 9.65. The zero-order valence-corrected chi connectivity index (χ0v) is 16.9. The van der Waals surface area contributed by atoms with Crippen molar-refractivity contribution in [2.45, 2.75) is 0 Å². The minimum absolute atomic E-state index is 0.238. The highest BCUT2D eigenvalue weighted by atomic mass is 32.1. The summed E-state index contributed by atoms with van der Waals surface area (Å²) in [6.07, 6.45) is 1.85. The van der Waals surface area contributed by atoms with E-state index in [9.17, 15) is 4.79 Å². The molecule has 148 valence electrons. The van der Waals surface area contributed by atoms with Crippen LogP contribution in [0, 0.1) is 0 Å². The average Bonchev–Trinajstić information content (AvgIpc) is 3.34. The molecule has 0 spiro atoms. The van der Waals surface area contributed by atoms with Crippen LogP contribution in [-0.2, 0) is 0 Å². The SMILES string of the molecule is COc1cccc(-c2cn3c(C(=O)Nc4ccc(OC)c(OC)c4)csc3n2)c1. The Morgan fingerprint density at radius 3 is 2.62 bits per heavy atom. The fourth-order valence-electron chi connectivity index (χ4n) is 2.98. The lowest BCUT2D eigenvalue weighted by molar-refractivity contribution is 0.102. The molecular weight excluding hydrogens is 390 g/mol. The lowest BCUT2D eigenvalue weighted by Crippen LogP contribution is -2.14. The van der Waals surface area contributed by atoms with Crippen molar-refractivity contribution in [1.82, 2.24) is 9.38 Å². The molecule has 1 amide bonds. The number of anilines is 1. The fourth-order valence-corrected chi connectivity index (χ4v) is 3.83. The predicted octanol–water partition coefficient (Wildman–Crippen LogP) is 4.34. The van der Waals surface area contributed by atoms with Crippen LogP contribution < -0.4 is 19.5 Å². The number of benzene rings is 2. The van der Waals surface area contributed by atoms with Gasteiger partial charge in [0, 0.05) is 28.9 Å². The van der Waals surface area contributed by atoms with Crippen LogP contribution in [-0.4, -0.2) is 36.6 Å². The van der Waals surface area contributed by atoms with E-state index in [0.717, 1.165) is 22.0 Å². The minimum atomic E-state index is -0.238. The maximum absolute atomic E-state index is 12.8. The predicted molar refractivity (Wildman–Crippen MR) is 113 cm³/mol. The smallest absolute Gasteiger partial charge is 0.273 e. The number of nitrogens with one attached hydrogen (secondary N) is 1. The van der Waals surface area contributed by atoms with Gasteiger partial charge in [-0.25, -0.2) is 4.98 Å². The standard InChI is InChI=1S/C21H19N3O4S/c1-26-15-6-4-5-13(9-15)16-11-24-17(12-29-21(24)23-16)20(25)22-14-7-8-18(27-2)19(10-14)28-3/h4-12H,1-3H3,(H,22,25). The van der Waals surface area contributed by atoms with Crippen LogP contribution >= 0.6 is 11.3 Å². The molecule has 0 aliphatic rings. The average molecular weight is 409 g/mol. The Bertz CT molecular complexity index is 1180. The van der Waals surface area contributed by atoms with Crippen molar-refractivity contribution >= 4 is 27.9 Å². The quantitative estimate of drug-likeness (QED) is 0.513. The number of carbonyl (C=O) groups excluding carboxylic acids is 1. The summed E-state index contributed by atoms with van der Waals surface area (Å²) in [7, 11) is 4.75. The molecule has 0 aliphatic heterocycles. The van der Waals surface area contributed by atoms with Gasteiger partial charge < -0.3 is 19.5 Å². The second-order valence-corrected chi connectivity index (χ2v) is 6.99. The van der Waals surface area contributed by atoms with Gasteiger partial charge in [0.2, 0.25) is 0 Å². The van der Waals surface area contributed by atoms with E-state index < -0.39 is 0 Å². The molecule has 0 unspecified atom stereocenters. The maximum Gasteiger partial charge on any atom is 0.273 e. The fraction of sp³-hybridized carbons (Fsp3) is 0.143. The Balaban J connectivity index is 1.62. The second-order valence-electron chi connectivity index (χ2n) is 6.16. The van der Waals surface area contributed by atoms with Gasteiger partial charge in [0.25, 0.3) is 5.91 Å². The van der Waals surface area contributed by atoms with Gasteiger partial charge in [-0.3, -0.25) is 9.20 Å². The van der Waals surface area contributed by atoms with Crippen LogP contribution in [0.1, 0.15) is 10.5 Å². The summed E-state index contributed by atoms with van der Waals surface area (Å²) in [6, 6.07) is 12.9. The van der Waals surface area contributed by atoms with Crippen molar-refractivity contribution in [1.29, 1.82) is 0 Å². The molecule has 4 rings (SSSR count). The number of methoxy groups -OCH3 is 3. The highest BCUT2D eigenvalue weighted by molar-refractivity contribution is 7.15. The summed E-state index contributed by atoms with van der Waals surface area (Å²) in [5.41, 5.74) is 2.81. The van der Waals surface area contributed by atoms with Crippen molar-refractivity contribution in [2.24, 2.45) is 0 Å². The van der Waals surface area contributed by atoms with Crippen molar-refractivity contribution in [3.05, 3.63) is 59.7 Å². The number of hydrogen-bond donors (Lipinski definition) is 1. The zero-order valence-electron chi connectivity index (χ0n) is 16.1. The third-order valence-corrected chi connectivity index (χ3v) is 5.29. The summed E-state index contributed by atoms with van der Waals surface area (Å²) < 4.78 is 17.6. The van der Waals surface area contributed by atoms with Gasteiger partial charge in [-0.1, -0.05) is 12.1 Å². The molecule has 0 saturated heterocycles. The summed E-state index contributed by atoms with van der Waals surface area (Å²) in [4.78, 5) is 18.2. The lowest BCUT2D eigenvalue weighted by atomic mass is 10.1. The van der Waals surface area contributed by atoms with E-state index >= 15 is 0 Å². The van der Waals surface area contributed by atoms with Crippen LogP contribution in [0.25, 0.3) is 16.2 Å². The normalized spacial score (nSPS) is 10.7. The van der Waals surface area contributed by atoms with Crippen molar-refractivity contribution in [3.63, 3.8) is 0 Å². The summed E-state index contributed by atoms with van der Waals surface area (Å²) in [5.74, 6) is 1.66. The van der Waals surface area contributed by atoms with Gasteiger partial charge in [0.05, 0.1) is 27.0 Å². The molecule has 29 heavy (non-hydrogen) atoms. The summed E-state index contributed by atoms with van der Waals surface area (Å²) in [5, 5.41) is 4.68. The van der Waals surface area contributed by atoms with Gasteiger partial charge in [-0.05, 0) is 24.3 Å². The number of fused-ring (bicyclic) bond motifs is 1. The number of aromatic nitrogens is 2. The van der Waals surface area contributed by atoms with Gasteiger partial charge in [0.15, 0.2) is 16.5 Å². The van der Waals surface area contributed by atoms with E-state index in [0.29, 0.717) is 22.9 Å². The monoisotopic (exact) mass is 409 g/mol. The summed E-state index contributed by atoms with van der Waals surface area (Å²) in [6.45, 7) is 0. The van der Waals surface area contributed by atoms with Gasteiger partial charge in [-0.2, -0.15) is 0 Å². The summed E-state index contributed by atoms with van der Waals surface area (Å²) >= 11 is 1.41. The molecule has 4 aromatic rings. The van der Waals surface area contributed by atoms with Crippen molar-refractivity contribution in [2.75, 3.05) is 26.6 Å². The van der Waals surface area contributed by atoms with Crippen molar-refractivity contribution < 1.29 is 19.0 Å². The zero-order chi connectivity index (χ0) is 20.4. The number of carbonyl (C=O) groups is 1. The minimum Gasteiger partial charge on any atom is -0.497 e. The van der Waals surface area contributed by atoms with Gasteiger partial charge in [0.1, 0.15) is 11.4 Å². The van der Waals surface area contributed by atoms with Crippen LogP contribution in [0.4, 0.5) is 5.69 Å². The van der Waals surface area contributed by atoms with E-state index in [2.05, 4.69) is 10.3 Å². The Labute approximate surface area is 171 Å². The number of thiazole rings is 1. The number of ether oxygens (including phenoxy) is 3. The molecule has 0 radical (unpaired) electrons. The molecule has 1 N–H and O–H groups in total. The lowest BCUT2D eigenvalue weighted by Gasteiger charge is -2.10. The molecule has 8 heteroatoms. The van der Waals surface area contributed by atoms with E-state index in [1.54, 1.807) is 49.3 Å². The third-order valence-electron chi connectivity index (χ3n) is 4.45. The number of hydrogen-bond acceptors (Lipinski definition) is 6. The number of imidazole rings is 1. The Kier molecular flexibility index (Phi) is 5.09. The third kappa shape index (κ3) is 3.62. The molecule has 7 nitrogen and oxygen atoms in total. The molecule has 2 aromatic heterocycles. The molecule has 2 heterocycles. The number of rotatable bonds is 6. The van der Waals surface area contributed by atoms with E-state index in [1.165, 1.54) is 11.3 Å². The Morgan fingerprint density at radius 2 is 1.86 bits per heavy atom. The topological polar surface area (TPSA) is 74.1 Å². The molecule has 0 atom stereocenters. The largest absolute Gasteiger partial charge is 0.497 e. The molecule has 0 saturated carbocycles. The van der Waals surface area contributed by atoms with Crippen LogP contribution in [0.2, 0.25) is 0 Å². The van der Waals surface area contributed by atoms with E-state index in [1.807, 2.05) is 30.5 Å². The first kappa shape index (κ1) is 18.8. The Hall–Kier alpha value is -3.52. The highest BCUT2D eigenvalue weighted by Crippen LogP contribution is 2.30. The first-order chi connectivity index (χ1) is 14.1. The van der Waals surface area contributed by atoms with Gasteiger partial charge >= 0.3 is 0 Å². The highest BCUT2D eigenvalue weighted by Gasteiger charge is 2.16. The van der Waals surface area contributed by atoms with Crippen LogP contribution in [0.3, 0.4) is 0 Å². The number of amides is 1. The molecule has 0 fully saturated rings. The van der Waals surface area contributed by atoms with Crippen molar-refractivity contribution in [3.8, 4) is 28.5 Å². The van der Waals surface area contributed by atoms with Crippen LogP contribution in [0.5, 0.6) is 17.2 Å². The Morgan fingerprint density at radius 1 is 1.03 bits per heavy atom.